The molecule has 0 spiro atoms. The van der Waals surface area contributed by atoms with E-state index in [2.05, 4.69) is 38.3 Å². The molecule has 0 heterocycles. The number of carbonyl (C=O) groups is 1. The van der Waals surface area contributed by atoms with Crippen molar-refractivity contribution >= 4 is 17.7 Å². The molecule has 1 aromatic rings. The van der Waals surface area contributed by atoms with Crippen molar-refractivity contribution in [1.82, 2.24) is 5.43 Å². The van der Waals surface area contributed by atoms with Gasteiger partial charge in [-0.15, -0.1) is 0 Å². The molecule has 0 aromatic heterocycles. The molecule has 94 valence electrons. The van der Waals surface area contributed by atoms with Gasteiger partial charge in [0.15, 0.2) is 0 Å². The van der Waals surface area contributed by atoms with Gasteiger partial charge in [-0.1, -0.05) is 45.0 Å². The van der Waals surface area contributed by atoms with E-state index in [1.165, 1.54) is 5.56 Å². The fourth-order valence-electron chi connectivity index (χ4n) is 1.29. The molecule has 0 aliphatic heterocycles. The number of amides is 1. The van der Waals surface area contributed by atoms with E-state index in [9.17, 15) is 4.79 Å². The fraction of sp³-hybridized carbons (Fsp3) is 0.462. The maximum atomic E-state index is 11.1. The second kappa shape index (κ2) is 6.07. The van der Waals surface area contributed by atoms with Gasteiger partial charge in [-0.05, 0) is 11.1 Å². The molecule has 0 radical (unpaired) electrons. The SMILES string of the molecule is CC(C)(C)SCc1ccc(CC(=O)NN)cc1. The molecular weight excluding hydrogens is 232 g/mol. The number of rotatable bonds is 4. The molecule has 0 unspecified atom stereocenters. The van der Waals surface area contributed by atoms with Gasteiger partial charge in [-0.3, -0.25) is 10.2 Å². The lowest BCUT2D eigenvalue weighted by Crippen LogP contribution is -2.31. The van der Waals surface area contributed by atoms with Gasteiger partial charge < -0.3 is 0 Å². The number of nitrogens with one attached hydrogen (secondary N) is 1. The molecule has 1 rings (SSSR count). The zero-order valence-electron chi connectivity index (χ0n) is 10.6. The van der Waals surface area contributed by atoms with Gasteiger partial charge in [-0.25, -0.2) is 5.84 Å². The van der Waals surface area contributed by atoms with Crippen molar-refractivity contribution in [2.45, 2.75) is 37.7 Å². The van der Waals surface area contributed by atoms with Crippen LogP contribution < -0.4 is 11.3 Å². The van der Waals surface area contributed by atoms with Crippen molar-refractivity contribution < 1.29 is 4.79 Å². The van der Waals surface area contributed by atoms with Crippen molar-refractivity contribution in [3.05, 3.63) is 35.4 Å². The highest BCUT2D eigenvalue weighted by Gasteiger charge is 2.10. The zero-order valence-corrected chi connectivity index (χ0v) is 11.4. The number of hydrazine groups is 1. The van der Waals surface area contributed by atoms with E-state index in [-0.39, 0.29) is 10.7 Å². The van der Waals surface area contributed by atoms with Crippen LogP contribution in [-0.2, 0) is 17.0 Å². The van der Waals surface area contributed by atoms with Gasteiger partial charge in [0.2, 0.25) is 5.91 Å². The van der Waals surface area contributed by atoms with Crippen molar-refractivity contribution in [3.63, 3.8) is 0 Å². The monoisotopic (exact) mass is 252 g/mol. The molecule has 0 aliphatic carbocycles. The number of benzene rings is 1. The summed E-state index contributed by atoms with van der Waals surface area (Å²) < 4.78 is 0.276. The zero-order chi connectivity index (χ0) is 12.9. The van der Waals surface area contributed by atoms with Crippen LogP contribution in [0.5, 0.6) is 0 Å². The van der Waals surface area contributed by atoms with Gasteiger partial charge in [0.05, 0.1) is 6.42 Å². The molecule has 3 N–H and O–H groups in total. The Kier molecular flexibility index (Phi) is 5.02. The van der Waals surface area contributed by atoms with Crippen molar-refractivity contribution in [3.8, 4) is 0 Å². The summed E-state index contributed by atoms with van der Waals surface area (Å²) in [4.78, 5) is 11.1. The first kappa shape index (κ1) is 14.1. The Bertz CT molecular complexity index is 368. The molecule has 1 amide bonds. The first-order chi connectivity index (χ1) is 7.90. The second-order valence-electron chi connectivity index (χ2n) is 4.96. The lowest BCUT2D eigenvalue weighted by atomic mass is 10.1. The Morgan fingerprint density at radius 1 is 1.24 bits per heavy atom. The lowest BCUT2D eigenvalue weighted by molar-refractivity contribution is -0.120. The minimum Gasteiger partial charge on any atom is -0.294 e. The van der Waals surface area contributed by atoms with Crippen LogP contribution in [0.4, 0.5) is 0 Å². The van der Waals surface area contributed by atoms with Crippen LogP contribution in [0.15, 0.2) is 24.3 Å². The maximum absolute atomic E-state index is 11.1. The van der Waals surface area contributed by atoms with Crippen LogP contribution in [0.2, 0.25) is 0 Å². The predicted octanol–water partition coefficient (Wildman–Crippen LogP) is 2.25. The lowest BCUT2D eigenvalue weighted by Gasteiger charge is -2.17. The summed E-state index contributed by atoms with van der Waals surface area (Å²) in [5.41, 5.74) is 4.39. The Hall–Kier alpha value is -1.00. The number of hydrogen-bond donors (Lipinski definition) is 2. The topological polar surface area (TPSA) is 55.1 Å². The first-order valence-electron chi connectivity index (χ1n) is 5.62. The van der Waals surface area contributed by atoms with Crippen molar-refractivity contribution in [2.75, 3.05) is 0 Å². The van der Waals surface area contributed by atoms with Crippen LogP contribution in [0, 0.1) is 0 Å². The molecule has 0 atom stereocenters. The third kappa shape index (κ3) is 5.75. The average molecular weight is 252 g/mol. The van der Waals surface area contributed by atoms with E-state index in [0.29, 0.717) is 6.42 Å². The van der Waals surface area contributed by atoms with E-state index in [1.54, 1.807) is 0 Å². The minimum absolute atomic E-state index is 0.165. The summed E-state index contributed by atoms with van der Waals surface area (Å²) in [5, 5.41) is 0. The molecule has 0 fully saturated rings. The predicted molar refractivity (Wildman–Crippen MR) is 73.5 cm³/mol. The summed E-state index contributed by atoms with van der Waals surface area (Å²) in [7, 11) is 0. The Morgan fingerprint density at radius 3 is 2.24 bits per heavy atom. The molecular formula is C13H20N2OS. The molecule has 0 bridgehead atoms. The Morgan fingerprint density at radius 2 is 1.76 bits per heavy atom. The molecule has 0 saturated carbocycles. The van der Waals surface area contributed by atoms with Crippen molar-refractivity contribution in [2.24, 2.45) is 5.84 Å². The molecule has 0 aliphatic rings. The minimum atomic E-state index is -0.165. The smallest absolute Gasteiger partial charge is 0.238 e. The standard InChI is InChI=1S/C13H20N2OS/c1-13(2,3)17-9-11-6-4-10(5-7-11)8-12(16)15-14/h4-7H,8-9,14H2,1-3H3,(H,15,16). The van der Waals surface area contributed by atoms with Crippen LogP contribution in [0.1, 0.15) is 31.9 Å². The molecule has 0 saturated heterocycles. The summed E-state index contributed by atoms with van der Waals surface area (Å²) in [6.45, 7) is 6.62. The highest BCUT2D eigenvalue weighted by molar-refractivity contribution is 7.99. The molecule has 3 nitrogen and oxygen atoms in total. The summed E-state index contributed by atoms with van der Waals surface area (Å²) in [6.07, 6.45) is 0.337. The van der Waals surface area contributed by atoms with Gasteiger partial charge in [0.1, 0.15) is 0 Å². The maximum Gasteiger partial charge on any atom is 0.238 e. The van der Waals surface area contributed by atoms with Crippen LogP contribution in [0.25, 0.3) is 0 Å². The summed E-state index contributed by atoms with van der Waals surface area (Å²) >= 11 is 1.91. The Balaban J connectivity index is 2.53. The third-order valence-corrected chi connectivity index (χ3v) is 3.56. The highest BCUT2D eigenvalue weighted by Crippen LogP contribution is 2.27. The molecule has 4 heteroatoms. The van der Waals surface area contributed by atoms with E-state index in [1.807, 2.05) is 23.9 Å². The van der Waals surface area contributed by atoms with Crippen LogP contribution >= 0.6 is 11.8 Å². The third-order valence-electron chi connectivity index (χ3n) is 2.22. The quantitative estimate of drug-likeness (QED) is 0.491. The van der Waals surface area contributed by atoms with Crippen molar-refractivity contribution in [1.29, 1.82) is 0 Å². The van der Waals surface area contributed by atoms with E-state index < -0.39 is 0 Å². The normalized spacial score (nSPS) is 11.3. The van der Waals surface area contributed by atoms with Crippen LogP contribution in [0.3, 0.4) is 0 Å². The molecule has 1 aromatic carbocycles. The van der Waals surface area contributed by atoms with Gasteiger partial charge >= 0.3 is 0 Å². The number of nitrogens with two attached hydrogens (primary N) is 1. The fourth-order valence-corrected chi connectivity index (χ4v) is 2.08. The van der Waals surface area contributed by atoms with Crippen LogP contribution in [-0.4, -0.2) is 10.7 Å². The average Bonchev–Trinajstić information content (AvgIpc) is 2.27. The Labute approximate surface area is 107 Å². The van der Waals surface area contributed by atoms with E-state index in [0.717, 1.165) is 11.3 Å². The summed E-state index contributed by atoms with van der Waals surface area (Å²) in [5.74, 6) is 5.87. The second-order valence-corrected chi connectivity index (χ2v) is 6.76. The van der Waals surface area contributed by atoms with Gasteiger partial charge in [-0.2, -0.15) is 11.8 Å². The van der Waals surface area contributed by atoms with E-state index >= 15 is 0 Å². The largest absolute Gasteiger partial charge is 0.294 e. The number of thioether (sulfide) groups is 1. The highest BCUT2D eigenvalue weighted by atomic mass is 32.2. The number of carbonyl (C=O) groups excluding carboxylic acids is 1. The number of hydrogen-bond acceptors (Lipinski definition) is 3. The van der Waals surface area contributed by atoms with Gasteiger partial charge in [0, 0.05) is 10.5 Å². The summed E-state index contributed by atoms with van der Waals surface area (Å²) in [6, 6.07) is 8.09. The molecule has 17 heavy (non-hydrogen) atoms. The van der Waals surface area contributed by atoms with E-state index in [4.69, 9.17) is 5.84 Å². The first-order valence-corrected chi connectivity index (χ1v) is 6.60. The van der Waals surface area contributed by atoms with Gasteiger partial charge in [0.25, 0.3) is 0 Å².